The van der Waals surface area contributed by atoms with E-state index in [-0.39, 0.29) is 22.6 Å². The summed E-state index contributed by atoms with van der Waals surface area (Å²) in [5, 5.41) is 0.477. The number of benzene rings is 2. The van der Waals surface area contributed by atoms with Crippen molar-refractivity contribution < 1.29 is 22.7 Å². The number of H-pyrrole nitrogens is 1. The van der Waals surface area contributed by atoms with E-state index in [4.69, 9.17) is 4.74 Å². The van der Waals surface area contributed by atoms with Crippen molar-refractivity contribution in [3.63, 3.8) is 0 Å². The van der Waals surface area contributed by atoms with Gasteiger partial charge in [-0.25, -0.2) is 8.78 Å². The molecule has 0 atom stereocenters. The Morgan fingerprint density at radius 1 is 1.17 bits per heavy atom. The highest BCUT2D eigenvalue weighted by Crippen LogP contribution is 2.41. The maximum atomic E-state index is 14.4. The molecule has 24 heavy (non-hydrogen) atoms. The molecular formula is C17H12F3NO2S. The number of aromatic nitrogens is 1. The number of nitrogens with one attached hydrogen (secondary N) is 1. The molecule has 0 aliphatic rings. The van der Waals surface area contributed by atoms with Crippen LogP contribution in [0.3, 0.4) is 0 Å². The molecule has 0 fully saturated rings. The molecule has 0 aliphatic heterocycles. The van der Waals surface area contributed by atoms with E-state index >= 15 is 0 Å². The lowest BCUT2D eigenvalue weighted by Gasteiger charge is -2.13. The predicted octanol–water partition coefficient (Wildman–Crippen LogP) is 5.30. The Labute approximate surface area is 139 Å². The maximum Gasteiger partial charge on any atom is 0.204 e. The number of ketones is 1. The third kappa shape index (κ3) is 2.65. The average molecular weight is 351 g/mol. The van der Waals surface area contributed by atoms with Crippen LogP contribution in [0.4, 0.5) is 13.2 Å². The third-order valence-electron chi connectivity index (χ3n) is 3.55. The molecule has 0 radical (unpaired) electrons. The molecule has 1 aromatic heterocycles. The number of rotatable bonds is 4. The molecule has 0 saturated heterocycles. The Balaban J connectivity index is 2.15. The molecule has 3 aromatic rings. The molecule has 3 rings (SSSR count). The SMILES string of the molecule is CSc1c(Oc2ccc(F)c(C(C)=O)c2)c(F)c(F)c2[nH]ccc12. The van der Waals surface area contributed by atoms with Crippen molar-refractivity contribution in [2.75, 3.05) is 6.26 Å². The summed E-state index contributed by atoms with van der Waals surface area (Å²) in [5.74, 6) is -3.65. The average Bonchev–Trinajstić information content (AvgIpc) is 3.03. The number of halogens is 3. The van der Waals surface area contributed by atoms with Crippen molar-refractivity contribution in [1.82, 2.24) is 4.98 Å². The van der Waals surface area contributed by atoms with E-state index in [1.165, 1.54) is 37.0 Å². The second-order valence-electron chi connectivity index (χ2n) is 5.06. The standard InChI is InChI=1S/C17H12F3NO2S/c1-8(22)11-7-9(3-4-12(11)18)23-16-14(20)13(19)15-10(5-6-21-15)17(16)24-2/h3-7,21H,1-2H3. The van der Waals surface area contributed by atoms with Crippen molar-refractivity contribution in [3.05, 3.63) is 53.5 Å². The topological polar surface area (TPSA) is 42.1 Å². The minimum atomic E-state index is -1.15. The van der Waals surface area contributed by atoms with Gasteiger partial charge in [0.05, 0.1) is 16.0 Å². The summed E-state index contributed by atoms with van der Waals surface area (Å²) in [7, 11) is 0. The number of hydrogen-bond donors (Lipinski definition) is 1. The first-order valence-electron chi connectivity index (χ1n) is 6.94. The molecule has 1 N–H and O–H groups in total. The fourth-order valence-corrected chi connectivity index (χ4v) is 3.13. The second-order valence-corrected chi connectivity index (χ2v) is 5.87. The normalized spacial score (nSPS) is 11.0. The number of Topliss-reactive ketones (excluding diaryl/α,β-unsaturated/α-hetero) is 1. The van der Waals surface area contributed by atoms with Crippen molar-refractivity contribution in [2.45, 2.75) is 11.8 Å². The molecule has 2 aromatic carbocycles. The molecule has 0 saturated carbocycles. The molecule has 0 bridgehead atoms. The van der Waals surface area contributed by atoms with Gasteiger partial charge in [-0.15, -0.1) is 11.8 Å². The van der Waals surface area contributed by atoms with Crippen molar-refractivity contribution in [3.8, 4) is 11.5 Å². The van der Waals surface area contributed by atoms with Crippen LogP contribution in [0.15, 0.2) is 35.4 Å². The van der Waals surface area contributed by atoms with Crippen molar-refractivity contribution in [2.24, 2.45) is 0 Å². The zero-order valence-electron chi connectivity index (χ0n) is 12.7. The highest BCUT2D eigenvalue weighted by Gasteiger charge is 2.22. The third-order valence-corrected chi connectivity index (χ3v) is 4.36. The van der Waals surface area contributed by atoms with Gasteiger partial charge in [0.2, 0.25) is 5.82 Å². The minimum Gasteiger partial charge on any atom is -0.453 e. The summed E-state index contributed by atoms with van der Waals surface area (Å²) in [5.41, 5.74) is -0.130. The van der Waals surface area contributed by atoms with E-state index in [2.05, 4.69) is 4.98 Å². The number of aromatic amines is 1. The molecule has 124 valence electrons. The van der Waals surface area contributed by atoms with E-state index in [0.29, 0.717) is 10.3 Å². The molecule has 1 heterocycles. The fraction of sp³-hybridized carbons (Fsp3) is 0.118. The van der Waals surface area contributed by atoms with E-state index in [0.717, 1.165) is 6.07 Å². The first-order valence-corrected chi connectivity index (χ1v) is 8.17. The zero-order chi connectivity index (χ0) is 17.4. The number of carbonyl (C=O) groups excluding carboxylic acids is 1. The van der Waals surface area contributed by atoms with Gasteiger partial charge >= 0.3 is 0 Å². The first kappa shape index (κ1) is 16.4. The van der Waals surface area contributed by atoms with Gasteiger partial charge in [0, 0.05) is 11.6 Å². The van der Waals surface area contributed by atoms with Gasteiger partial charge in [-0.05, 0) is 37.4 Å². The zero-order valence-corrected chi connectivity index (χ0v) is 13.6. The number of ether oxygens (including phenoxy) is 1. The molecule has 0 unspecified atom stereocenters. The van der Waals surface area contributed by atoms with E-state index < -0.39 is 23.2 Å². The van der Waals surface area contributed by atoms with Crippen LogP contribution in [0.2, 0.25) is 0 Å². The highest BCUT2D eigenvalue weighted by molar-refractivity contribution is 7.99. The fourth-order valence-electron chi connectivity index (χ4n) is 2.42. The smallest absolute Gasteiger partial charge is 0.204 e. The summed E-state index contributed by atoms with van der Waals surface area (Å²) in [6.07, 6.45) is 3.21. The van der Waals surface area contributed by atoms with Crippen LogP contribution in [0, 0.1) is 17.5 Å². The Kier molecular flexibility index (Phi) is 4.28. The monoisotopic (exact) mass is 351 g/mol. The second kappa shape index (κ2) is 6.24. The lowest BCUT2D eigenvalue weighted by atomic mass is 10.1. The van der Waals surface area contributed by atoms with Crippen LogP contribution in [0.5, 0.6) is 11.5 Å². The van der Waals surface area contributed by atoms with Crippen LogP contribution in [-0.4, -0.2) is 17.0 Å². The van der Waals surface area contributed by atoms with Gasteiger partial charge in [0.1, 0.15) is 11.6 Å². The number of thioether (sulfide) groups is 1. The van der Waals surface area contributed by atoms with Gasteiger partial charge in [0.25, 0.3) is 0 Å². The summed E-state index contributed by atoms with van der Waals surface area (Å²) in [4.78, 5) is 14.5. The highest BCUT2D eigenvalue weighted by atomic mass is 32.2. The van der Waals surface area contributed by atoms with E-state index in [9.17, 15) is 18.0 Å². The summed E-state index contributed by atoms with van der Waals surface area (Å²) < 4.78 is 47.6. The molecule has 0 amide bonds. The predicted molar refractivity (Wildman–Crippen MR) is 86.5 cm³/mol. The molecular weight excluding hydrogens is 339 g/mol. The van der Waals surface area contributed by atoms with Gasteiger partial charge in [-0.3, -0.25) is 4.79 Å². The largest absolute Gasteiger partial charge is 0.453 e. The van der Waals surface area contributed by atoms with E-state index in [1.54, 1.807) is 12.3 Å². The number of carbonyl (C=O) groups is 1. The Morgan fingerprint density at radius 2 is 1.92 bits per heavy atom. The lowest BCUT2D eigenvalue weighted by Crippen LogP contribution is -2.00. The Morgan fingerprint density at radius 3 is 2.58 bits per heavy atom. The van der Waals surface area contributed by atoms with Gasteiger partial charge in [0.15, 0.2) is 17.3 Å². The van der Waals surface area contributed by atoms with Crippen LogP contribution >= 0.6 is 11.8 Å². The van der Waals surface area contributed by atoms with Crippen LogP contribution in [-0.2, 0) is 0 Å². The Hall–Kier alpha value is -2.41. The van der Waals surface area contributed by atoms with Gasteiger partial charge in [-0.2, -0.15) is 4.39 Å². The summed E-state index contributed by atoms with van der Waals surface area (Å²) in [6, 6.07) is 5.08. The molecule has 7 heteroatoms. The maximum absolute atomic E-state index is 14.4. The molecule has 0 aliphatic carbocycles. The lowest BCUT2D eigenvalue weighted by molar-refractivity contribution is 0.101. The first-order chi connectivity index (χ1) is 11.4. The minimum absolute atomic E-state index is 0.0464. The summed E-state index contributed by atoms with van der Waals surface area (Å²) in [6.45, 7) is 1.21. The number of fused-ring (bicyclic) bond motifs is 1. The molecule has 0 spiro atoms. The van der Waals surface area contributed by atoms with Crippen molar-refractivity contribution >= 4 is 28.4 Å². The number of hydrogen-bond acceptors (Lipinski definition) is 3. The van der Waals surface area contributed by atoms with Crippen LogP contribution < -0.4 is 4.74 Å². The van der Waals surface area contributed by atoms with Crippen LogP contribution in [0.1, 0.15) is 17.3 Å². The van der Waals surface area contributed by atoms with Gasteiger partial charge < -0.3 is 9.72 Å². The van der Waals surface area contributed by atoms with Crippen LogP contribution in [0.25, 0.3) is 10.9 Å². The molecule has 3 nitrogen and oxygen atoms in total. The van der Waals surface area contributed by atoms with E-state index in [1.807, 2.05) is 0 Å². The van der Waals surface area contributed by atoms with Gasteiger partial charge in [-0.1, -0.05) is 0 Å². The van der Waals surface area contributed by atoms with Crippen molar-refractivity contribution in [1.29, 1.82) is 0 Å². The Bertz CT molecular complexity index is 953. The summed E-state index contributed by atoms with van der Waals surface area (Å²) >= 11 is 1.19. The quantitative estimate of drug-likeness (QED) is 0.512.